The third kappa shape index (κ3) is 5.07. The monoisotopic (exact) mass is 303 g/mol. The van der Waals surface area contributed by atoms with Crippen LogP contribution in [-0.4, -0.2) is 6.61 Å². The lowest BCUT2D eigenvalue weighted by Crippen LogP contribution is -2.13. The molecule has 21 heavy (non-hydrogen) atoms. The Morgan fingerprint density at radius 2 is 1.71 bits per heavy atom. The number of hydrogen-bond donors (Lipinski definition) is 1. The molecule has 0 aliphatic carbocycles. The van der Waals surface area contributed by atoms with Crippen LogP contribution in [0.25, 0.3) is 0 Å². The maximum absolute atomic E-state index is 6.26. The standard InChI is InChI=1S/C18H22ClNO/c1-2-3-12-21-17-10-6-15(7-11-17)18(20)13-14-4-8-16(19)9-5-14/h4-11,18H,2-3,12-13,20H2,1H3. The Hall–Kier alpha value is -1.51. The van der Waals surface area contributed by atoms with Gasteiger partial charge in [-0.25, -0.2) is 0 Å². The van der Waals surface area contributed by atoms with Crippen LogP contribution in [0.3, 0.4) is 0 Å². The Morgan fingerprint density at radius 1 is 1.05 bits per heavy atom. The second kappa shape index (κ2) is 8.06. The van der Waals surface area contributed by atoms with Gasteiger partial charge in [-0.3, -0.25) is 0 Å². The lowest BCUT2D eigenvalue weighted by atomic mass is 10.00. The van der Waals surface area contributed by atoms with E-state index in [0.717, 1.165) is 42.2 Å². The van der Waals surface area contributed by atoms with Gasteiger partial charge in [0.15, 0.2) is 0 Å². The highest BCUT2D eigenvalue weighted by atomic mass is 35.5. The quantitative estimate of drug-likeness (QED) is 0.748. The summed E-state index contributed by atoms with van der Waals surface area (Å²) in [6, 6.07) is 15.9. The maximum Gasteiger partial charge on any atom is 0.119 e. The van der Waals surface area contributed by atoms with E-state index in [1.54, 1.807) is 0 Å². The number of nitrogens with two attached hydrogens (primary N) is 1. The highest BCUT2D eigenvalue weighted by Crippen LogP contribution is 2.20. The van der Waals surface area contributed by atoms with Crippen molar-refractivity contribution in [1.29, 1.82) is 0 Å². The van der Waals surface area contributed by atoms with Crippen molar-refractivity contribution < 1.29 is 4.74 Å². The number of rotatable bonds is 7. The summed E-state index contributed by atoms with van der Waals surface area (Å²) in [4.78, 5) is 0. The van der Waals surface area contributed by atoms with Crippen molar-refractivity contribution in [2.45, 2.75) is 32.2 Å². The first-order valence-electron chi connectivity index (χ1n) is 7.42. The molecule has 0 radical (unpaired) electrons. The maximum atomic E-state index is 6.26. The minimum atomic E-state index is -0.0177. The topological polar surface area (TPSA) is 35.2 Å². The predicted octanol–water partition coefficient (Wildman–Crippen LogP) is 4.76. The second-order valence-electron chi connectivity index (χ2n) is 5.21. The third-order valence-corrected chi connectivity index (χ3v) is 3.70. The molecule has 0 spiro atoms. The number of ether oxygens (including phenoxy) is 1. The van der Waals surface area contributed by atoms with E-state index >= 15 is 0 Å². The molecule has 0 heterocycles. The number of unbranched alkanes of at least 4 members (excludes halogenated alkanes) is 1. The summed E-state index contributed by atoms with van der Waals surface area (Å²) in [5.74, 6) is 0.908. The number of hydrogen-bond acceptors (Lipinski definition) is 2. The first-order valence-corrected chi connectivity index (χ1v) is 7.79. The van der Waals surface area contributed by atoms with Gasteiger partial charge in [0.05, 0.1) is 6.61 Å². The Morgan fingerprint density at radius 3 is 2.33 bits per heavy atom. The first kappa shape index (κ1) is 15.9. The molecule has 1 unspecified atom stereocenters. The normalized spacial score (nSPS) is 12.1. The summed E-state index contributed by atoms with van der Waals surface area (Å²) < 4.78 is 5.66. The lowest BCUT2D eigenvalue weighted by Gasteiger charge is -2.13. The van der Waals surface area contributed by atoms with E-state index in [1.165, 1.54) is 5.56 Å². The molecule has 2 rings (SSSR count). The van der Waals surface area contributed by atoms with Crippen molar-refractivity contribution in [2.75, 3.05) is 6.61 Å². The van der Waals surface area contributed by atoms with Gasteiger partial charge in [-0.15, -0.1) is 0 Å². The molecule has 2 N–H and O–H groups in total. The molecular formula is C18H22ClNO. The SMILES string of the molecule is CCCCOc1ccc(C(N)Cc2ccc(Cl)cc2)cc1. The lowest BCUT2D eigenvalue weighted by molar-refractivity contribution is 0.309. The fourth-order valence-electron chi connectivity index (χ4n) is 2.14. The van der Waals surface area contributed by atoms with Crippen molar-refractivity contribution in [3.63, 3.8) is 0 Å². The summed E-state index contributed by atoms with van der Waals surface area (Å²) >= 11 is 5.89. The van der Waals surface area contributed by atoms with Gasteiger partial charge in [0.25, 0.3) is 0 Å². The predicted molar refractivity (Wildman–Crippen MR) is 88.9 cm³/mol. The summed E-state index contributed by atoms with van der Waals surface area (Å²) in [6.45, 7) is 2.93. The van der Waals surface area contributed by atoms with Crippen LogP contribution in [0.4, 0.5) is 0 Å². The van der Waals surface area contributed by atoms with Crippen LogP contribution in [-0.2, 0) is 6.42 Å². The van der Waals surface area contributed by atoms with Gasteiger partial charge < -0.3 is 10.5 Å². The smallest absolute Gasteiger partial charge is 0.119 e. The van der Waals surface area contributed by atoms with Gasteiger partial charge in [-0.1, -0.05) is 49.2 Å². The molecule has 2 nitrogen and oxygen atoms in total. The Labute approximate surface area is 131 Å². The fourth-order valence-corrected chi connectivity index (χ4v) is 2.26. The average Bonchev–Trinajstić information content (AvgIpc) is 2.50. The first-order chi connectivity index (χ1) is 10.2. The summed E-state index contributed by atoms with van der Waals surface area (Å²) in [7, 11) is 0. The van der Waals surface area contributed by atoms with Gasteiger partial charge in [0.1, 0.15) is 5.75 Å². The summed E-state index contributed by atoms with van der Waals surface area (Å²) in [5, 5.41) is 0.751. The molecule has 0 saturated carbocycles. The van der Waals surface area contributed by atoms with Crippen LogP contribution in [0.2, 0.25) is 5.02 Å². The Kier molecular flexibility index (Phi) is 6.09. The second-order valence-corrected chi connectivity index (χ2v) is 5.64. The van der Waals surface area contributed by atoms with Crippen molar-refractivity contribution in [3.8, 4) is 5.75 Å². The van der Waals surface area contributed by atoms with E-state index in [2.05, 4.69) is 6.92 Å². The van der Waals surface area contributed by atoms with Crippen molar-refractivity contribution in [2.24, 2.45) is 5.73 Å². The van der Waals surface area contributed by atoms with Crippen LogP contribution >= 0.6 is 11.6 Å². The zero-order valence-corrected chi connectivity index (χ0v) is 13.1. The molecule has 0 bridgehead atoms. The molecule has 0 saturated heterocycles. The zero-order valence-electron chi connectivity index (χ0n) is 12.4. The fraction of sp³-hybridized carbons (Fsp3) is 0.333. The van der Waals surface area contributed by atoms with E-state index in [1.807, 2.05) is 48.5 Å². The van der Waals surface area contributed by atoms with Gasteiger partial charge >= 0.3 is 0 Å². The minimum Gasteiger partial charge on any atom is -0.494 e. The van der Waals surface area contributed by atoms with Gasteiger partial charge in [0.2, 0.25) is 0 Å². The molecule has 3 heteroatoms. The molecule has 112 valence electrons. The molecule has 0 aliphatic heterocycles. The Balaban J connectivity index is 1.93. The highest BCUT2D eigenvalue weighted by Gasteiger charge is 2.07. The number of benzene rings is 2. The van der Waals surface area contributed by atoms with E-state index in [4.69, 9.17) is 22.1 Å². The van der Waals surface area contributed by atoms with E-state index in [-0.39, 0.29) is 6.04 Å². The van der Waals surface area contributed by atoms with E-state index in [0.29, 0.717) is 0 Å². The van der Waals surface area contributed by atoms with Gasteiger partial charge in [0, 0.05) is 11.1 Å². The van der Waals surface area contributed by atoms with Gasteiger partial charge in [-0.2, -0.15) is 0 Å². The molecule has 2 aromatic rings. The van der Waals surface area contributed by atoms with Crippen LogP contribution in [0, 0.1) is 0 Å². The summed E-state index contributed by atoms with van der Waals surface area (Å²) in [6.07, 6.45) is 3.02. The molecular weight excluding hydrogens is 282 g/mol. The van der Waals surface area contributed by atoms with Gasteiger partial charge in [-0.05, 0) is 48.2 Å². The molecule has 0 fully saturated rings. The van der Waals surface area contributed by atoms with Crippen molar-refractivity contribution in [3.05, 3.63) is 64.7 Å². The van der Waals surface area contributed by atoms with Crippen LogP contribution in [0.5, 0.6) is 5.75 Å². The zero-order chi connectivity index (χ0) is 15.1. The van der Waals surface area contributed by atoms with Crippen LogP contribution < -0.4 is 10.5 Å². The Bertz CT molecular complexity index is 536. The van der Waals surface area contributed by atoms with Crippen molar-refractivity contribution in [1.82, 2.24) is 0 Å². The third-order valence-electron chi connectivity index (χ3n) is 3.44. The van der Waals surface area contributed by atoms with Crippen LogP contribution in [0.15, 0.2) is 48.5 Å². The molecule has 2 aromatic carbocycles. The molecule has 0 amide bonds. The minimum absolute atomic E-state index is 0.0177. The molecule has 0 aliphatic rings. The average molecular weight is 304 g/mol. The van der Waals surface area contributed by atoms with E-state index in [9.17, 15) is 0 Å². The van der Waals surface area contributed by atoms with E-state index < -0.39 is 0 Å². The molecule has 0 aromatic heterocycles. The molecule has 1 atom stereocenters. The summed E-state index contributed by atoms with van der Waals surface area (Å²) in [5.41, 5.74) is 8.57. The largest absolute Gasteiger partial charge is 0.494 e. The number of halogens is 1. The highest BCUT2D eigenvalue weighted by molar-refractivity contribution is 6.30. The van der Waals surface area contributed by atoms with Crippen LogP contribution in [0.1, 0.15) is 36.9 Å². The van der Waals surface area contributed by atoms with Crippen molar-refractivity contribution >= 4 is 11.6 Å².